The minimum atomic E-state index is 0.380. The molecule has 1 aromatic heterocycles. The van der Waals surface area contributed by atoms with Gasteiger partial charge in [-0.05, 0) is 56.1 Å². The lowest BCUT2D eigenvalue weighted by Crippen LogP contribution is -2.22. The molecule has 0 fully saturated rings. The molecule has 1 heterocycles. The summed E-state index contributed by atoms with van der Waals surface area (Å²) < 4.78 is 5.31. The number of hydrogen-bond donors (Lipinski definition) is 1. The summed E-state index contributed by atoms with van der Waals surface area (Å²) in [6.45, 7) is 7.52. The quantitative estimate of drug-likeness (QED) is 0.857. The van der Waals surface area contributed by atoms with E-state index < -0.39 is 0 Å². The molecule has 1 N–H and O–H groups in total. The highest BCUT2D eigenvalue weighted by atomic mass is 32.1. The van der Waals surface area contributed by atoms with E-state index in [0.29, 0.717) is 6.04 Å². The van der Waals surface area contributed by atoms with Crippen molar-refractivity contribution in [2.24, 2.45) is 0 Å². The number of likely N-dealkylation sites (N-methyl/N-ethyl adjacent to an activating group) is 1. The van der Waals surface area contributed by atoms with Gasteiger partial charge in [-0.3, -0.25) is 0 Å². The lowest BCUT2D eigenvalue weighted by Gasteiger charge is -2.18. The Morgan fingerprint density at radius 2 is 2.05 bits per heavy atom. The van der Waals surface area contributed by atoms with Crippen LogP contribution in [0.3, 0.4) is 0 Å². The second-order valence-corrected chi connectivity index (χ2v) is 6.36. The monoisotopic (exact) mass is 289 g/mol. The van der Waals surface area contributed by atoms with Gasteiger partial charge in [0.05, 0.1) is 7.11 Å². The molecule has 2 rings (SSSR count). The van der Waals surface area contributed by atoms with Crippen LogP contribution in [0.4, 0.5) is 0 Å². The summed E-state index contributed by atoms with van der Waals surface area (Å²) in [6.07, 6.45) is 0.992. The van der Waals surface area contributed by atoms with Crippen LogP contribution in [-0.4, -0.2) is 13.7 Å². The molecule has 3 heteroatoms. The van der Waals surface area contributed by atoms with Crippen molar-refractivity contribution in [1.82, 2.24) is 5.32 Å². The summed E-state index contributed by atoms with van der Waals surface area (Å²) in [6, 6.07) is 11.0. The van der Waals surface area contributed by atoms with Crippen molar-refractivity contribution in [3.05, 3.63) is 51.2 Å². The molecule has 20 heavy (non-hydrogen) atoms. The van der Waals surface area contributed by atoms with Gasteiger partial charge in [0.1, 0.15) is 5.75 Å². The number of thiophene rings is 1. The van der Waals surface area contributed by atoms with E-state index in [1.165, 1.54) is 20.9 Å². The van der Waals surface area contributed by atoms with Crippen LogP contribution >= 0.6 is 11.3 Å². The average Bonchev–Trinajstić information content (AvgIpc) is 2.77. The van der Waals surface area contributed by atoms with Crippen LogP contribution in [0.5, 0.6) is 5.75 Å². The van der Waals surface area contributed by atoms with Gasteiger partial charge in [0, 0.05) is 15.8 Å². The van der Waals surface area contributed by atoms with Crippen LogP contribution in [0, 0.1) is 13.8 Å². The number of methoxy groups -OCH3 is 1. The van der Waals surface area contributed by atoms with E-state index >= 15 is 0 Å². The smallest absolute Gasteiger partial charge is 0.119 e. The van der Waals surface area contributed by atoms with Gasteiger partial charge in [0.2, 0.25) is 0 Å². The van der Waals surface area contributed by atoms with Crippen LogP contribution < -0.4 is 10.1 Å². The molecule has 108 valence electrons. The summed E-state index contributed by atoms with van der Waals surface area (Å²) in [5, 5.41) is 3.61. The van der Waals surface area contributed by atoms with Gasteiger partial charge >= 0.3 is 0 Å². The van der Waals surface area contributed by atoms with Crippen LogP contribution in [0.1, 0.15) is 33.8 Å². The maximum atomic E-state index is 5.31. The van der Waals surface area contributed by atoms with E-state index in [9.17, 15) is 0 Å². The van der Waals surface area contributed by atoms with Crippen molar-refractivity contribution in [2.75, 3.05) is 13.7 Å². The summed E-state index contributed by atoms with van der Waals surface area (Å²) in [7, 11) is 1.72. The van der Waals surface area contributed by atoms with Gasteiger partial charge in [-0.15, -0.1) is 11.3 Å². The van der Waals surface area contributed by atoms with E-state index in [1.807, 2.05) is 17.4 Å². The lowest BCUT2D eigenvalue weighted by atomic mass is 10.0. The fourth-order valence-electron chi connectivity index (χ4n) is 2.54. The van der Waals surface area contributed by atoms with E-state index in [2.05, 4.69) is 50.4 Å². The Bertz CT molecular complexity index is 562. The van der Waals surface area contributed by atoms with Crippen molar-refractivity contribution in [3.8, 4) is 5.75 Å². The van der Waals surface area contributed by atoms with Crippen molar-refractivity contribution in [2.45, 2.75) is 33.2 Å². The van der Waals surface area contributed by atoms with Crippen LogP contribution in [0.2, 0.25) is 0 Å². The molecule has 0 aliphatic rings. The summed E-state index contributed by atoms with van der Waals surface area (Å²) >= 11 is 1.90. The molecule has 0 saturated carbocycles. The zero-order valence-corrected chi connectivity index (χ0v) is 13.5. The second kappa shape index (κ2) is 6.91. The van der Waals surface area contributed by atoms with Crippen molar-refractivity contribution < 1.29 is 4.74 Å². The fraction of sp³-hybridized carbons (Fsp3) is 0.412. The first-order chi connectivity index (χ1) is 9.63. The highest BCUT2D eigenvalue weighted by Crippen LogP contribution is 2.30. The second-order valence-electron chi connectivity index (χ2n) is 5.07. The number of nitrogens with one attached hydrogen (secondary N) is 1. The average molecular weight is 289 g/mol. The predicted molar refractivity (Wildman–Crippen MR) is 86.9 cm³/mol. The SMILES string of the molecule is CCNC(Cc1cccc(OC)c1)c1sc(C)cc1C. The van der Waals surface area contributed by atoms with Crippen LogP contribution in [-0.2, 0) is 6.42 Å². The van der Waals surface area contributed by atoms with Gasteiger partial charge in [-0.25, -0.2) is 0 Å². The molecule has 2 aromatic rings. The van der Waals surface area contributed by atoms with E-state index in [-0.39, 0.29) is 0 Å². The molecule has 0 aliphatic heterocycles. The molecule has 2 nitrogen and oxygen atoms in total. The Kier molecular flexibility index (Phi) is 5.21. The number of hydrogen-bond acceptors (Lipinski definition) is 3. The van der Waals surface area contributed by atoms with Crippen molar-refractivity contribution in [3.63, 3.8) is 0 Å². The molecule has 1 atom stereocenters. The number of benzene rings is 1. The summed E-state index contributed by atoms with van der Waals surface area (Å²) in [5.41, 5.74) is 2.70. The molecule has 0 aliphatic carbocycles. The van der Waals surface area contributed by atoms with Gasteiger partial charge in [-0.2, -0.15) is 0 Å². The Hall–Kier alpha value is -1.32. The number of rotatable bonds is 6. The molecule has 1 aromatic carbocycles. The summed E-state index contributed by atoms with van der Waals surface area (Å²) in [4.78, 5) is 2.83. The molecule has 0 saturated heterocycles. The Morgan fingerprint density at radius 1 is 1.25 bits per heavy atom. The minimum absolute atomic E-state index is 0.380. The molecular weight excluding hydrogens is 266 g/mol. The lowest BCUT2D eigenvalue weighted by molar-refractivity contribution is 0.414. The maximum absolute atomic E-state index is 5.31. The van der Waals surface area contributed by atoms with Gasteiger partial charge in [0.15, 0.2) is 0 Å². The first-order valence-electron chi connectivity index (χ1n) is 7.07. The normalized spacial score (nSPS) is 12.4. The third kappa shape index (κ3) is 3.62. The molecule has 0 radical (unpaired) electrons. The zero-order valence-electron chi connectivity index (χ0n) is 12.7. The molecule has 0 bridgehead atoms. The van der Waals surface area contributed by atoms with Crippen LogP contribution in [0.15, 0.2) is 30.3 Å². The Morgan fingerprint density at radius 3 is 2.65 bits per heavy atom. The zero-order chi connectivity index (χ0) is 14.5. The van der Waals surface area contributed by atoms with Gasteiger partial charge < -0.3 is 10.1 Å². The number of ether oxygens (including phenoxy) is 1. The molecule has 0 amide bonds. The van der Waals surface area contributed by atoms with E-state index in [1.54, 1.807) is 7.11 Å². The molecular formula is C17H23NOS. The third-order valence-electron chi connectivity index (χ3n) is 3.42. The first kappa shape index (κ1) is 15.1. The van der Waals surface area contributed by atoms with E-state index in [0.717, 1.165) is 18.7 Å². The maximum Gasteiger partial charge on any atom is 0.119 e. The highest BCUT2D eigenvalue weighted by Gasteiger charge is 2.16. The fourth-order valence-corrected chi connectivity index (χ4v) is 3.66. The highest BCUT2D eigenvalue weighted by molar-refractivity contribution is 7.12. The standard InChI is InChI=1S/C17H23NOS/c1-5-18-16(17-12(2)9-13(3)20-17)11-14-7-6-8-15(10-14)19-4/h6-10,16,18H,5,11H2,1-4H3. The first-order valence-corrected chi connectivity index (χ1v) is 7.89. The third-order valence-corrected chi connectivity index (χ3v) is 4.69. The summed E-state index contributed by atoms with van der Waals surface area (Å²) in [5.74, 6) is 0.928. The molecule has 1 unspecified atom stereocenters. The minimum Gasteiger partial charge on any atom is -0.497 e. The Balaban J connectivity index is 2.22. The van der Waals surface area contributed by atoms with Crippen LogP contribution in [0.25, 0.3) is 0 Å². The number of aryl methyl sites for hydroxylation is 2. The van der Waals surface area contributed by atoms with Gasteiger partial charge in [0.25, 0.3) is 0 Å². The van der Waals surface area contributed by atoms with E-state index in [4.69, 9.17) is 4.74 Å². The molecule has 0 spiro atoms. The predicted octanol–water partition coefficient (Wildman–Crippen LogP) is 4.27. The topological polar surface area (TPSA) is 21.3 Å². The Labute approximate surface area is 125 Å². The van der Waals surface area contributed by atoms with Crippen molar-refractivity contribution in [1.29, 1.82) is 0 Å². The largest absolute Gasteiger partial charge is 0.497 e. The van der Waals surface area contributed by atoms with Crippen molar-refractivity contribution >= 4 is 11.3 Å². The van der Waals surface area contributed by atoms with Gasteiger partial charge in [-0.1, -0.05) is 19.1 Å².